The molecule has 0 amide bonds. The quantitative estimate of drug-likeness (QED) is 0.564. The van der Waals surface area contributed by atoms with Crippen molar-refractivity contribution in [3.05, 3.63) is 22.8 Å². The van der Waals surface area contributed by atoms with Gasteiger partial charge in [0, 0.05) is 12.8 Å². The van der Waals surface area contributed by atoms with Gasteiger partial charge in [-0.3, -0.25) is 15.7 Å². The van der Waals surface area contributed by atoms with E-state index >= 15 is 0 Å². The minimum Gasteiger partial charge on any atom is -1.00 e. The molecule has 138 valence electrons. The normalized spacial score (nSPS) is 13.9. The number of hydrogen-bond acceptors (Lipinski definition) is 2. The van der Waals surface area contributed by atoms with Gasteiger partial charge in [-0.15, -0.1) is 6.92 Å². The molecule has 0 saturated heterocycles. The van der Waals surface area contributed by atoms with Crippen LogP contribution in [0.1, 0.15) is 74.1 Å². The fourth-order valence-electron chi connectivity index (χ4n) is 1.83. The molecule has 0 radical (unpaired) electrons. The maximum absolute atomic E-state index is 9.60. The summed E-state index contributed by atoms with van der Waals surface area (Å²) in [6, 6.07) is 0. The topological polar surface area (TPSA) is 74.6 Å². The van der Waals surface area contributed by atoms with Crippen molar-refractivity contribution in [2.75, 3.05) is 0 Å². The summed E-state index contributed by atoms with van der Waals surface area (Å²) < 4.78 is 0. The molecule has 0 aromatic heterocycles. The molecule has 0 atom stereocenters. The minimum atomic E-state index is -0.711. The van der Waals surface area contributed by atoms with Gasteiger partial charge in [0.05, 0.1) is 0 Å². The van der Waals surface area contributed by atoms with Crippen molar-refractivity contribution in [3.63, 3.8) is 0 Å². The average Bonchev–Trinajstić information content (AvgIpc) is 2.53. The molecule has 0 aromatic carbocycles. The maximum atomic E-state index is 9.60. The van der Waals surface area contributed by atoms with Crippen LogP contribution in [0.2, 0.25) is 0 Å². The van der Waals surface area contributed by atoms with E-state index in [-0.39, 0.29) is 39.5 Å². The van der Waals surface area contributed by atoms with Crippen LogP contribution in [-0.2, 0) is 31.3 Å². The Labute approximate surface area is 168 Å². The van der Waals surface area contributed by atoms with Gasteiger partial charge in [-0.25, -0.2) is 5.57 Å². The molecule has 0 saturated carbocycles. The largest absolute Gasteiger partial charge is 2.00 e. The molecule has 0 fully saturated rings. The summed E-state index contributed by atoms with van der Waals surface area (Å²) in [5.41, 5.74) is 4.39. The first kappa shape index (κ1) is 31.2. The Morgan fingerprint density at radius 1 is 0.958 bits per heavy atom. The smallest absolute Gasteiger partial charge is 1.00 e. The predicted molar refractivity (Wildman–Crippen MR) is 89.7 cm³/mol. The second-order valence-corrected chi connectivity index (χ2v) is 5.91. The maximum Gasteiger partial charge on any atom is 2.00 e. The van der Waals surface area contributed by atoms with E-state index in [0.29, 0.717) is 12.8 Å². The van der Waals surface area contributed by atoms with Gasteiger partial charge in [0.1, 0.15) is 0 Å². The van der Waals surface area contributed by atoms with Crippen LogP contribution in [0.25, 0.3) is 0 Å². The van der Waals surface area contributed by atoms with Crippen LogP contribution in [0, 0.1) is 11.5 Å². The molecule has 0 spiro atoms. The summed E-state index contributed by atoms with van der Waals surface area (Å²) in [6.45, 7) is 14.6. The van der Waals surface area contributed by atoms with Crippen LogP contribution in [0.5, 0.6) is 0 Å². The molecule has 2 N–H and O–H groups in total. The zero-order chi connectivity index (χ0) is 17.9. The van der Waals surface area contributed by atoms with Crippen molar-refractivity contribution < 1.29 is 53.9 Å². The summed E-state index contributed by atoms with van der Waals surface area (Å²) >= 11 is 0. The number of carboxylic acid groups (broad SMARTS) is 2. The van der Waals surface area contributed by atoms with Crippen LogP contribution in [0.3, 0.4) is 0 Å². The van der Waals surface area contributed by atoms with Gasteiger partial charge >= 0.3 is 33.7 Å². The molecule has 0 heterocycles. The molecule has 0 aromatic rings. The number of allylic oxidation sites excluding steroid dienone is 4. The van der Waals surface area contributed by atoms with Gasteiger partial charge in [0.15, 0.2) is 0 Å². The number of carboxylic acids is 2. The number of carbonyl (C=O) groups is 2. The molecular formula is C18H31ClO4Ti. The molecule has 0 aliphatic heterocycles. The van der Waals surface area contributed by atoms with Crippen molar-refractivity contribution >= 4 is 11.9 Å². The fraction of sp³-hybridized carbons (Fsp3) is 0.667. The second-order valence-electron chi connectivity index (χ2n) is 5.91. The first-order chi connectivity index (χ1) is 9.99. The third-order valence-electron chi connectivity index (χ3n) is 3.49. The number of rotatable bonds is 4. The van der Waals surface area contributed by atoms with E-state index in [1.54, 1.807) is 0 Å². The summed E-state index contributed by atoms with van der Waals surface area (Å²) in [5, 5.41) is 15.8. The Kier molecular flexibility index (Phi) is 20.7. The molecule has 0 bridgehead atoms. The van der Waals surface area contributed by atoms with E-state index in [2.05, 4.69) is 40.7 Å². The summed E-state index contributed by atoms with van der Waals surface area (Å²) in [6.07, 6.45) is 5.48. The monoisotopic (exact) mass is 394 g/mol. The van der Waals surface area contributed by atoms with Crippen LogP contribution < -0.4 is 12.4 Å². The molecule has 4 nitrogen and oxygen atoms in total. The van der Waals surface area contributed by atoms with E-state index in [1.807, 2.05) is 13.8 Å². The van der Waals surface area contributed by atoms with Crippen LogP contribution in [0.4, 0.5) is 0 Å². The third-order valence-corrected chi connectivity index (χ3v) is 3.49. The number of halogens is 1. The van der Waals surface area contributed by atoms with E-state index < -0.39 is 11.9 Å². The first-order valence-corrected chi connectivity index (χ1v) is 7.73. The SMILES string of the molecule is CC1=[C-]C(C)(C)C(C)=C1C.CCCC(=O)O.CCCC(=O)O.[Cl-].[Ti+2]. The Bertz CT molecular complexity index is 424. The second kappa shape index (κ2) is 15.9. The Balaban J connectivity index is -0.000000127. The fourth-order valence-corrected chi connectivity index (χ4v) is 1.83. The van der Waals surface area contributed by atoms with Gasteiger partial charge in [-0.1, -0.05) is 47.0 Å². The third kappa shape index (κ3) is 15.0. The average molecular weight is 395 g/mol. The molecule has 24 heavy (non-hydrogen) atoms. The predicted octanol–water partition coefficient (Wildman–Crippen LogP) is 1.86. The van der Waals surface area contributed by atoms with E-state index in [9.17, 15) is 9.59 Å². The van der Waals surface area contributed by atoms with Gasteiger partial charge in [-0.05, 0) is 12.8 Å². The molecule has 1 aliphatic rings. The summed E-state index contributed by atoms with van der Waals surface area (Å²) in [5.74, 6) is -1.42. The standard InChI is InChI=1S/C10H15.2C4H8O2.ClH.Ti/c1-7-6-10(4,5)9(3)8(7)2;2*1-2-3-4(5)6;;/h1-5H3;2*2-3H2,1H3,(H,5,6);1H;/q-1;;;;+2/p-1. The summed E-state index contributed by atoms with van der Waals surface area (Å²) in [4.78, 5) is 19.2. The molecule has 0 unspecified atom stereocenters. The van der Waals surface area contributed by atoms with Crippen LogP contribution >= 0.6 is 0 Å². The zero-order valence-corrected chi connectivity index (χ0v) is 18.2. The van der Waals surface area contributed by atoms with Crippen molar-refractivity contribution in [1.82, 2.24) is 0 Å². The van der Waals surface area contributed by atoms with Gasteiger partial charge in [0.2, 0.25) is 0 Å². The van der Waals surface area contributed by atoms with Crippen LogP contribution in [0.15, 0.2) is 16.7 Å². The number of aliphatic carboxylic acids is 2. The molecule has 1 rings (SSSR count). The Morgan fingerprint density at radius 2 is 1.29 bits per heavy atom. The number of hydrogen-bond donors (Lipinski definition) is 2. The van der Waals surface area contributed by atoms with Crippen LogP contribution in [-0.4, -0.2) is 22.2 Å². The van der Waals surface area contributed by atoms with Crippen molar-refractivity contribution in [2.24, 2.45) is 5.41 Å². The molecule has 1 aliphatic carbocycles. The first-order valence-electron chi connectivity index (χ1n) is 7.73. The van der Waals surface area contributed by atoms with Gasteiger partial charge in [0.25, 0.3) is 0 Å². The Hall–Kier alpha value is -0.576. The molecular weight excluding hydrogens is 364 g/mol. The van der Waals surface area contributed by atoms with E-state index in [4.69, 9.17) is 10.2 Å². The van der Waals surface area contributed by atoms with Crippen molar-refractivity contribution in [3.8, 4) is 0 Å². The van der Waals surface area contributed by atoms with E-state index in [1.165, 1.54) is 16.7 Å². The summed E-state index contributed by atoms with van der Waals surface area (Å²) in [7, 11) is 0. The Morgan fingerprint density at radius 3 is 1.33 bits per heavy atom. The van der Waals surface area contributed by atoms with Crippen molar-refractivity contribution in [1.29, 1.82) is 0 Å². The minimum absolute atomic E-state index is 0. The van der Waals surface area contributed by atoms with Gasteiger partial charge < -0.3 is 22.6 Å². The van der Waals surface area contributed by atoms with E-state index in [0.717, 1.165) is 12.8 Å². The van der Waals surface area contributed by atoms with Gasteiger partial charge in [-0.2, -0.15) is 11.1 Å². The van der Waals surface area contributed by atoms with Crippen molar-refractivity contribution in [2.45, 2.75) is 74.1 Å². The molecule has 6 heteroatoms. The zero-order valence-electron chi connectivity index (χ0n) is 15.9.